The predicted octanol–water partition coefficient (Wildman–Crippen LogP) is 2.04. The van der Waals surface area contributed by atoms with Crippen LogP contribution in [0.25, 0.3) is 11.4 Å². The summed E-state index contributed by atoms with van der Waals surface area (Å²) in [6.07, 6.45) is 0. The van der Waals surface area contributed by atoms with E-state index >= 15 is 0 Å². The van der Waals surface area contributed by atoms with Crippen molar-refractivity contribution in [1.29, 1.82) is 0 Å². The quantitative estimate of drug-likeness (QED) is 0.909. The van der Waals surface area contributed by atoms with Crippen molar-refractivity contribution in [3.63, 3.8) is 0 Å². The van der Waals surface area contributed by atoms with Crippen LogP contribution < -0.4 is 15.2 Å². The molecule has 1 aliphatic heterocycles. The first-order valence-corrected chi connectivity index (χ1v) is 6.61. The molecule has 7 heteroatoms. The lowest BCUT2D eigenvalue weighted by molar-refractivity contribution is 0.170. The van der Waals surface area contributed by atoms with Crippen LogP contribution in [0, 0.1) is 6.92 Å². The van der Waals surface area contributed by atoms with E-state index in [4.69, 9.17) is 19.7 Å². The monoisotopic (exact) mass is 325 g/mol. The van der Waals surface area contributed by atoms with Crippen LogP contribution in [-0.2, 0) is 6.54 Å². The van der Waals surface area contributed by atoms with Crippen LogP contribution in [0.3, 0.4) is 0 Å². The molecule has 3 rings (SSSR count). The van der Waals surface area contributed by atoms with Gasteiger partial charge in [0.05, 0.1) is 6.54 Å². The van der Waals surface area contributed by atoms with E-state index in [1.54, 1.807) is 0 Å². The molecule has 100 valence electrons. The molecule has 0 saturated carbocycles. The van der Waals surface area contributed by atoms with Crippen LogP contribution >= 0.6 is 15.9 Å². The summed E-state index contributed by atoms with van der Waals surface area (Å²) < 4.78 is 17.1. The lowest BCUT2D eigenvalue weighted by Crippen LogP contribution is -2.16. The molecule has 0 saturated heterocycles. The molecule has 6 nitrogen and oxygen atoms in total. The van der Waals surface area contributed by atoms with E-state index in [2.05, 4.69) is 26.1 Å². The molecular weight excluding hydrogens is 314 g/mol. The second kappa shape index (κ2) is 4.82. The van der Waals surface area contributed by atoms with Crippen molar-refractivity contribution in [3.8, 4) is 22.9 Å². The Morgan fingerprint density at radius 3 is 2.89 bits per heavy atom. The molecule has 1 aromatic carbocycles. The van der Waals surface area contributed by atoms with Gasteiger partial charge in [-0.25, -0.2) is 0 Å². The average Bonchev–Trinajstić information content (AvgIpc) is 2.87. The Labute approximate surface area is 118 Å². The maximum absolute atomic E-state index is 5.65. The highest BCUT2D eigenvalue weighted by molar-refractivity contribution is 9.10. The highest BCUT2D eigenvalue weighted by Gasteiger charge is 2.23. The number of ether oxygens (including phenoxy) is 2. The molecule has 2 heterocycles. The zero-order valence-corrected chi connectivity index (χ0v) is 11.9. The van der Waals surface area contributed by atoms with Crippen molar-refractivity contribution in [2.75, 3.05) is 13.2 Å². The second-order valence-electron chi connectivity index (χ2n) is 4.10. The van der Waals surface area contributed by atoms with Crippen molar-refractivity contribution in [2.24, 2.45) is 5.73 Å². The Hall–Kier alpha value is -1.60. The van der Waals surface area contributed by atoms with Crippen molar-refractivity contribution in [2.45, 2.75) is 13.5 Å². The van der Waals surface area contributed by atoms with Gasteiger partial charge in [-0.3, -0.25) is 0 Å². The van der Waals surface area contributed by atoms with E-state index in [0.29, 0.717) is 24.9 Å². The number of hydrogen-bond donors (Lipinski definition) is 1. The topological polar surface area (TPSA) is 83.4 Å². The Kier molecular flexibility index (Phi) is 3.16. The number of aromatic nitrogens is 2. The van der Waals surface area contributed by atoms with Crippen molar-refractivity contribution in [1.82, 2.24) is 10.1 Å². The molecule has 0 aliphatic carbocycles. The third-order valence-electron chi connectivity index (χ3n) is 2.89. The fraction of sp³-hybridized carbons (Fsp3) is 0.333. The van der Waals surface area contributed by atoms with Crippen molar-refractivity contribution >= 4 is 15.9 Å². The van der Waals surface area contributed by atoms with Gasteiger partial charge in [-0.2, -0.15) is 4.98 Å². The lowest BCUT2D eigenvalue weighted by Gasteiger charge is -2.22. The summed E-state index contributed by atoms with van der Waals surface area (Å²) in [5.41, 5.74) is 7.21. The Balaban J connectivity index is 2.15. The molecule has 2 N–H and O–H groups in total. The van der Waals surface area contributed by atoms with E-state index in [1.807, 2.05) is 13.0 Å². The molecule has 19 heavy (non-hydrogen) atoms. The Morgan fingerprint density at radius 2 is 2.16 bits per heavy atom. The normalized spacial score (nSPS) is 13.6. The number of hydrogen-bond acceptors (Lipinski definition) is 6. The summed E-state index contributed by atoms with van der Waals surface area (Å²) in [7, 11) is 0. The van der Waals surface area contributed by atoms with Crippen molar-refractivity contribution in [3.05, 3.63) is 22.0 Å². The number of rotatable bonds is 2. The number of benzene rings is 1. The fourth-order valence-electron chi connectivity index (χ4n) is 2.03. The van der Waals surface area contributed by atoms with Gasteiger partial charge < -0.3 is 19.7 Å². The molecule has 1 aliphatic rings. The van der Waals surface area contributed by atoms with Crippen LogP contribution in [-0.4, -0.2) is 23.4 Å². The van der Waals surface area contributed by atoms with E-state index in [9.17, 15) is 0 Å². The third kappa shape index (κ3) is 2.08. The summed E-state index contributed by atoms with van der Waals surface area (Å²) in [4.78, 5) is 4.24. The summed E-state index contributed by atoms with van der Waals surface area (Å²) in [5.74, 6) is 2.34. The number of nitrogens with zero attached hydrogens (tertiary/aromatic N) is 2. The first-order valence-electron chi connectivity index (χ1n) is 5.82. The Morgan fingerprint density at radius 1 is 1.37 bits per heavy atom. The zero-order valence-electron chi connectivity index (χ0n) is 10.3. The minimum Gasteiger partial charge on any atom is -0.486 e. The van der Waals surface area contributed by atoms with Crippen LogP contribution in [0.15, 0.2) is 15.1 Å². The maximum Gasteiger partial charge on any atom is 0.240 e. The zero-order chi connectivity index (χ0) is 13.4. The first kappa shape index (κ1) is 12.4. The average molecular weight is 326 g/mol. The van der Waals surface area contributed by atoms with Crippen LogP contribution in [0.5, 0.6) is 11.5 Å². The molecule has 0 bridgehead atoms. The molecule has 0 fully saturated rings. The molecule has 0 radical (unpaired) electrons. The molecule has 1 aromatic heterocycles. The van der Waals surface area contributed by atoms with Crippen LogP contribution in [0.4, 0.5) is 0 Å². The molecule has 0 amide bonds. The fourth-order valence-corrected chi connectivity index (χ4v) is 2.71. The summed E-state index contributed by atoms with van der Waals surface area (Å²) in [5, 5.41) is 3.94. The van der Waals surface area contributed by atoms with Gasteiger partial charge in [0.15, 0.2) is 11.5 Å². The third-order valence-corrected chi connectivity index (χ3v) is 3.52. The van der Waals surface area contributed by atoms with E-state index in [0.717, 1.165) is 27.1 Å². The smallest absolute Gasteiger partial charge is 0.240 e. The van der Waals surface area contributed by atoms with Gasteiger partial charge in [-0.05, 0) is 28.9 Å². The van der Waals surface area contributed by atoms with Gasteiger partial charge >= 0.3 is 0 Å². The number of nitrogens with two attached hydrogens (primary N) is 1. The number of fused-ring (bicyclic) bond motifs is 1. The van der Waals surface area contributed by atoms with Gasteiger partial charge in [0.25, 0.3) is 0 Å². The minimum atomic E-state index is 0.216. The highest BCUT2D eigenvalue weighted by Crippen LogP contribution is 2.43. The van der Waals surface area contributed by atoms with E-state index < -0.39 is 0 Å². The number of halogens is 1. The summed E-state index contributed by atoms with van der Waals surface area (Å²) >= 11 is 3.51. The maximum atomic E-state index is 5.65. The van der Waals surface area contributed by atoms with Gasteiger partial charge in [-0.15, -0.1) is 0 Å². The standard InChI is InChI=1S/C12H12BrN3O3/c1-6-10(12-15-9(5-14)19-16-12)7(13)4-8-11(6)18-3-2-17-8/h4H,2-3,5,14H2,1H3. The second-order valence-corrected chi connectivity index (χ2v) is 4.95. The summed E-state index contributed by atoms with van der Waals surface area (Å²) in [6.45, 7) is 3.24. The SMILES string of the molecule is Cc1c2c(cc(Br)c1-c1noc(CN)n1)OCCO2. The van der Waals surface area contributed by atoms with E-state index in [1.165, 1.54) is 0 Å². The molecular formula is C12H12BrN3O3. The van der Waals surface area contributed by atoms with Gasteiger partial charge in [-0.1, -0.05) is 5.16 Å². The van der Waals surface area contributed by atoms with Crippen LogP contribution in [0.1, 0.15) is 11.5 Å². The minimum absolute atomic E-state index is 0.216. The predicted molar refractivity (Wildman–Crippen MR) is 71.1 cm³/mol. The first-order chi connectivity index (χ1) is 9.20. The van der Waals surface area contributed by atoms with Gasteiger partial charge in [0, 0.05) is 15.6 Å². The largest absolute Gasteiger partial charge is 0.486 e. The van der Waals surface area contributed by atoms with E-state index in [-0.39, 0.29) is 6.54 Å². The molecule has 0 unspecified atom stereocenters. The molecule has 0 spiro atoms. The molecule has 2 aromatic rings. The summed E-state index contributed by atoms with van der Waals surface area (Å²) in [6, 6.07) is 1.86. The molecule has 0 atom stereocenters. The lowest BCUT2D eigenvalue weighted by atomic mass is 10.1. The van der Waals surface area contributed by atoms with Gasteiger partial charge in [0.2, 0.25) is 11.7 Å². The Bertz CT molecular complexity index is 627. The van der Waals surface area contributed by atoms with Crippen LogP contribution in [0.2, 0.25) is 0 Å². The van der Waals surface area contributed by atoms with Gasteiger partial charge in [0.1, 0.15) is 13.2 Å². The highest BCUT2D eigenvalue weighted by atomic mass is 79.9. The van der Waals surface area contributed by atoms with Crippen molar-refractivity contribution < 1.29 is 14.0 Å².